The molecular formula is C24H32N4O3. The van der Waals surface area contributed by atoms with Crippen molar-refractivity contribution in [1.82, 2.24) is 4.90 Å². The average molecular weight is 425 g/mol. The van der Waals surface area contributed by atoms with Gasteiger partial charge in [-0.25, -0.2) is 0 Å². The molecule has 0 aromatic heterocycles. The zero-order valence-electron chi connectivity index (χ0n) is 18.9. The highest BCUT2D eigenvalue weighted by Crippen LogP contribution is 2.18. The van der Waals surface area contributed by atoms with Crippen molar-refractivity contribution in [3.8, 4) is 0 Å². The quantitative estimate of drug-likeness (QED) is 0.566. The molecule has 31 heavy (non-hydrogen) atoms. The lowest BCUT2D eigenvalue weighted by molar-refractivity contribution is -0.123. The first kappa shape index (κ1) is 24.1. The number of amides is 3. The molecule has 0 radical (unpaired) electrons. The van der Waals surface area contributed by atoms with Crippen LogP contribution in [0.5, 0.6) is 0 Å². The van der Waals surface area contributed by atoms with Gasteiger partial charge in [0.25, 0.3) is 0 Å². The molecule has 166 valence electrons. The lowest BCUT2D eigenvalue weighted by atomic mass is 10.0. The summed E-state index contributed by atoms with van der Waals surface area (Å²) in [6, 6.07) is 14.2. The van der Waals surface area contributed by atoms with Crippen LogP contribution in [0.2, 0.25) is 0 Å². The molecule has 0 aliphatic rings. The van der Waals surface area contributed by atoms with E-state index in [2.05, 4.69) is 29.8 Å². The molecule has 1 atom stereocenters. The molecule has 2 aromatic carbocycles. The van der Waals surface area contributed by atoms with Gasteiger partial charge in [0.2, 0.25) is 17.7 Å². The minimum Gasteiger partial charge on any atom is -0.326 e. The molecule has 0 unspecified atom stereocenters. The number of hydrogen-bond acceptors (Lipinski definition) is 4. The van der Waals surface area contributed by atoms with E-state index in [0.29, 0.717) is 23.8 Å². The lowest BCUT2D eigenvalue weighted by Gasteiger charge is -2.26. The number of rotatable bonds is 9. The van der Waals surface area contributed by atoms with Crippen LogP contribution in [0.15, 0.2) is 48.5 Å². The van der Waals surface area contributed by atoms with E-state index in [1.54, 1.807) is 36.1 Å². The Morgan fingerprint density at radius 1 is 0.806 bits per heavy atom. The van der Waals surface area contributed by atoms with Gasteiger partial charge in [0.05, 0.1) is 12.6 Å². The number of carbonyl (C=O) groups excluding carboxylic acids is 3. The van der Waals surface area contributed by atoms with Gasteiger partial charge in [-0.1, -0.05) is 32.9 Å². The van der Waals surface area contributed by atoms with Crippen molar-refractivity contribution >= 4 is 34.8 Å². The van der Waals surface area contributed by atoms with E-state index in [0.717, 1.165) is 5.69 Å². The van der Waals surface area contributed by atoms with E-state index >= 15 is 0 Å². The maximum absolute atomic E-state index is 12.7. The minimum atomic E-state index is -0.470. The van der Waals surface area contributed by atoms with E-state index in [1.165, 1.54) is 12.5 Å². The maximum atomic E-state index is 12.7. The maximum Gasteiger partial charge on any atom is 0.241 e. The Morgan fingerprint density at radius 2 is 1.29 bits per heavy atom. The molecule has 0 aliphatic carbocycles. The number of carbonyl (C=O) groups is 3. The van der Waals surface area contributed by atoms with E-state index in [-0.39, 0.29) is 24.3 Å². The predicted molar refractivity (Wildman–Crippen MR) is 125 cm³/mol. The Hall–Kier alpha value is -3.19. The van der Waals surface area contributed by atoms with Crippen LogP contribution >= 0.6 is 0 Å². The first-order valence-electron chi connectivity index (χ1n) is 10.5. The van der Waals surface area contributed by atoms with Gasteiger partial charge in [-0.15, -0.1) is 0 Å². The Bertz CT molecular complexity index is 892. The van der Waals surface area contributed by atoms with Crippen LogP contribution in [-0.4, -0.2) is 41.8 Å². The van der Waals surface area contributed by atoms with E-state index < -0.39 is 6.04 Å². The van der Waals surface area contributed by atoms with Gasteiger partial charge in [-0.3, -0.25) is 19.3 Å². The molecule has 0 aliphatic heterocycles. The van der Waals surface area contributed by atoms with Gasteiger partial charge in [0.1, 0.15) is 0 Å². The molecule has 0 spiro atoms. The van der Waals surface area contributed by atoms with E-state index in [1.807, 2.05) is 31.2 Å². The largest absolute Gasteiger partial charge is 0.326 e. The molecule has 7 heteroatoms. The van der Waals surface area contributed by atoms with Gasteiger partial charge in [0.15, 0.2) is 0 Å². The molecule has 3 amide bonds. The van der Waals surface area contributed by atoms with Gasteiger partial charge < -0.3 is 16.0 Å². The number of hydrogen-bond donors (Lipinski definition) is 3. The summed E-state index contributed by atoms with van der Waals surface area (Å²) in [7, 11) is 0. The molecule has 0 saturated heterocycles. The van der Waals surface area contributed by atoms with Crippen LogP contribution < -0.4 is 16.0 Å². The zero-order valence-corrected chi connectivity index (χ0v) is 18.9. The van der Waals surface area contributed by atoms with Crippen molar-refractivity contribution in [2.75, 3.05) is 29.0 Å². The SMILES string of the molecule is CCN(CC(=O)Nc1ccc(NC(C)=O)cc1)[C@H](C)C(=O)Nc1ccc(C(C)C)cc1. The molecular weight excluding hydrogens is 392 g/mol. The predicted octanol–water partition coefficient (Wildman–Crippen LogP) is 4.06. The molecule has 0 heterocycles. The Morgan fingerprint density at radius 3 is 1.77 bits per heavy atom. The van der Waals surface area contributed by atoms with Gasteiger partial charge in [0, 0.05) is 24.0 Å². The molecule has 3 N–H and O–H groups in total. The molecule has 0 saturated carbocycles. The fourth-order valence-corrected chi connectivity index (χ4v) is 3.11. The summed E-state index contributed by atoms with van der Waals surface area (Å²) in [4.78, 5) is 38.0. The number of nitrogens with zero attached hydrogens (tertiary/aromatic N) is 1. The van der Waals surface area contributed by atoms with Crippen LogP contribution in [0.3, 0.4) is 0 Å². The van der Waals surface area contributed by atoms with E-state index in [9.17, 15) is 14.4 Å². The van der Waals surface area contributed by atoms with Crippen LogP contribution in [0.4, 0.5) is 17.1 Å². The second-order valence-corrected chi connectivity index (χ2v) is 7.81. The molecule has 0 bridgehead atoms. The van der Waals surface area contributed by atoms with Crippen molar-refractivity contribution in [2.24, 2.45) is 0 Å². The first-order chi connectivity index (χ1) is 14.7. The fourth-order valence-electron chi connectivity index (χ4n) is 3.11. The second-order valence-electron chi connectivity index (χ2n) is 7.81. The first-order valence-corrected chi connectivity index (χ1v) is 10.5. The molecule has 2 rings (SSSR count). The summed E-state index contributed by atoms with van der Waals surface area (Å²) in [6.07, 6.45) is 0. The average Bonchev–Trinajstić information content (AvgIpc) is 2.73. The van der Waals surface area contributed by atoms with Crippen LogP contribution in [0.1, 0.15) is 46.1 Å². The summed E-state index contributed by atoms with van der Waals surface area (Å²) in [6.45, 7) is 10.0. The Balaban J connectivity index is 1.91. The highest BCUT2D eigenvalue weighted by atomic mass is 16.2. The van der Waals surface area contributed by atoms with Crippen molar-refractivity contribution in [2.45, 2.75) is 46.6 Å². The van der Waals surface area contributed by atoms with Crippen molar-refractivity contribution in [1.29, 1.82) is 0 Å². The summed E-state index contributed by atoms with van der Waals surface area (Å²) in [5.41, 5.74) is 3.23. The summed E-state index contributed by atoms with van der Waals surface area (Å²) >= 11 is 0. The molecule has 7 nitrogen and oxygen atoms in total. The Kier molecular flexibility index (Phi) is 8.75. The second kappa shape index (κ2) is 11.3. The third-order valence-corrected chi connectivity index (χ3v) is 5.01. The third-order valence-electron chi connectivity index (χ3n) is 5.01. The standard InChI is InChI=1S/C24H32N4O3/c1-6-28(15-23(30)26-21-13-11-20(12-14-21)25-18(5)29)17(4)24(31)27-22-9-7-19(8-10-22)16(2)3/h7-14,16-17H,6,15H2,1-5H3,(H,25,29)(H,26,30)(H,27,31)/t17-/m1/s1. The minimum absolute atomic E-state index is 0.0881. The molecule has 0 fully saturated rings. The van der Waals surface area contributed by atoms with Crippen LogP contribution in [0, 0.1) is 0 Å². The van der Waals surface area contributed by atoms with Crippen LogP contribution in [-0.2, 0) is 14.4 Å². The van der Waals surface area contributed by atoms with Gasteiger partial charge >= 0.3 is 0 Å². The number of anilines is 3. The number of nitrogens with one attached hydrogen (secondary N) is 3. The zero-order chi connectivity index (χ0) is 23.0. The molecule has 2 aromatic rings. The monoisotopic (exact) mass is 424 g/mol. The Labute approximate surface area is 184 Å². The lowest BCUT2D eigenvalue weighted by Crippen LogP contribution is -2.45. The summed E-state index contributed by atoms with van der Waals surface area (Å²) < 4.78 is 0. The topological polar surface area (TPSA) is 90.5 Å². The summed E-state index contributed by atoms with van der Waals surface area (Å²) in [5, 5.41) is 8.42. The highest BCUT2D eigenvalue weighted by Gasteiger charge is 2.22. The number of benzene rings is 2. The van der Waals surface area contributed by atoms with E-state index in [4.69, 9.17) is 0 Å². The van der Waals surface area contributed by atoms with Crippen molar-refractivity contribution < 1.29 is 14.4 Å². The number of likely N-dealkylation sites (N-methyl/N-ethyl adjacent to an activating group) is 1. The fraction of sp³-hybridized carbons (Fsp3) is 0.375. The van der Waals surface area contributed by atoms with Crippen LogP contribution in [0.25, 0.3) is 0 Å². The highest BCUT2D eigenvalue weighted by molar-refractivity contribution is 5.96. The van der Waals surface area contributed by atoms with Gasteiger partial charge in [-0.05, 0) is 61.3 Å². The van der Waals surface area contributed by atoms with Gasteiger partial charge in [-0.2, -0.15) is 0 Å². The van der Waals surface area contributed by atoms with Crippen molar-refractivity contribution in [3.05, 3.63) is 54.1 Å². The normalized spacial score (nSPS) is 11.8. The van der Waals surface area contributed by atoms with Crippen molar-refractivity contribution in [3.63, 3.8) is 0 Å². The summed E-state index contributed by atoms with van der Waals surface area (Å²) in [5.74, 6) is -0.0976. The third kappa shape index (κ3) is 7.53. The smallest absolute Gasteiger partial charge is 0.241 e.